The summed E-state index contributed by atoms with van der Waals surface area (Å²) in [6.07, 6.45) is -2.66. The first-order chi connectivity index (χ1) is 17.7. The number of hydrogen-bond acceptors (Lipinski definition) is 6. The summed E-state index contributed by atoms with van der Waals surface area (Å²) in [4.78, 5) is 29.4. The van der Waals surface area contributed by atoms with Crippen molar-refractivity contribution in [3.63, 3.8) is 0 Å². The second-order valence-corrected chi connectivity index (χ2v) is 8.79. The molecule has 1 aliphatic heterocycles. The predicted molar refractivity (Wildman–Crippen MR) is 132 cm³/mol. The molecule has 1 fully saturated rings. The molecule has 0 spiro atoms. The zero-order valence-corrected chi connectivity index (χ0v) is 19.8. The van der Waals surface area contributed by atoms with Gasteiger partial charge in [0.15, 0.2) is 0 Å². The maximum Gasteiger partial charge on any atom is 0.418 e. The number of halogens is 3. The SMILES string of the molecule is Nc1ccc(C(=O)NC[C@@]2(C(=O)NCc3ccc(Nc4ccccc4C(F)(F)F)cc3)CCOC2)cn1. The number of para-hydroxylation sites is 1. The molecule has 8 nitrogen and oxygen atoms in total. The second kappa shape index (κ2) is 10.9. The van der Waals surface area contributed by atoms with Crippen LogP contribution >= 0.6 is 0 Å². The Morgan fingerprint density at radius 2 is 1.78 bits per heavy atom. The summed E-state index contributed by atoms with van der Waals surface area (Å²) in [5, 5.41) is 8.45. The number of aromatic nitrogens is 1. The van der Waals surface area contributed by atoms with Gasteiger partial charge in [0, 0.05) is 31.6 Å². The Balaban J connectivity index is 1.35. The van der Waals surface area contributed by atoms with E-state index in [-0.39, 0.29) is 37.2 Å². The van der Waals surface area contributed by atoms with E-state index in [2.05, 4.69) is 20.9 Å². The van der Waals surface area contributed by atoms with Gasteiger partial charge in [0.05, 0.1) is 28.8 Å². The summed E-state index contributed by atoms with van der Waals surface area (Å²) in [5.41, 5.74) is 5.40. The van der Waals surface area contributed by atoms with Crippen LogP contribution in [0.25, 0.3) is 0 Å². The lowest BCUT2D eigenvalue weighted by molar-refractivity contribution is -0.137. The third kappa shape index (κ3) is 6.36. The van der Waals surface area contributed by atoms with E-state index in [0.717, 1.165) is 11.6 Å². The Bertz CT molecular complexity index is 1240. The van der Waals surface area contributed by atoms with Crippen molar-refractivity contribution in [1.29, 1.82) is 0 Å². The van der Waals surface area contributed by atoms with Crippen molar-refractivity contribution in [2.24, 2.45) is 5.41 Å². The number of benzene rings is 2. The van der Waals surface area contributed by atoms with E-state index < -0.39 is 17.2 Å². The normalized spacial score (nSPS) is 17.3. The summed E-state index contributed by atoms with van der Waals surface area (Å²) in [7, 11) is 0. The molecule has 194 valence electrons. The maximum atomic E-state index is 13.2. The van der Waals surface area contributed by atoms with Gasteiger partial charge in [-0.2, -0.15) is 13.2 Å². The monoisotopic (exact) mass is 513 g/mol. The van der Waals surface area contributed by atoms with Crippen LogP contribution in [-0.2, 0) is 22.3 Å². The van der Waals surface area contributed by atoms with Gasteiger partial charge in [0.1, 0.15) is 5.82 Å². The lowest BCUT2D eigenvalue weighted by atomic mass is 9.86. The number of amides is 2. The van der Waals surface area contributed by atoms with Gasteiger partial charge in [0.25, 0.3) is 5.91 Å². The van der Waals surface area contributed by atoms with Crippen molar-refractivity contribution in [2.45, 2.75) is 19.1 Å². The van der Waals surface area contributed by atoms with E-state index in [9.17, 15) is 22.8 Å². The lowest BCUT2D eigenvalue weighted by Gasteiger charge is -2.26. The molecule has 0 bridgehead atoms. The zero-order chi connectivity index (χ0) is 26.5. The number of rotatable bonds is 8. The molecule has 0 unspecified atom stereocenters. The molecule has 1 aliphatic rings. The van der Waals surface area contributed by atoms with Crippen LogP contribution < -0.4 is 21.7 Å². The van der Waals surface area contributed by atoms with Crippen molar-refractivity contribution in [3.8, 4) is 0 Å². The summed E-state index contributed by atoms with van der Waals surface area (Å²) in [6, 6.07) is 15.0. The number of alkyl halides is 3. The molecule has 4 rings (SSSR count). The number of nitrogens with zero attached hydrogens (tertiary/aromatic N) is 1. The van der Waals surface area contributed by atoms with Crippen molar-refractivity contribution in [2.75, 3.05) is 30.8 Å². The molecule has 1 aromatic heterocycles. The highest BCUT2D eigenvalue weighted by atomic mass is 19.4. The third-order valence-electron chi connectivity index (χ3n) is 6.14. The Morgan fingerprint density at radius 3 is 2.43 bits per heavy atom. The minimum absolute atomic E-state index is 0.0453. The number of nitrogens with two attached hydrogens (primary N) is 1. The number of hydrogen-bond donors (Lipinski definition) is 4. The van der Waals surface area contributed by atoms with Gasteiger partial charge >= 0.3 is 6.18 Å². The molecule has 0 saturated carbocycles. The van der Waals surface area contributed by atoms with Crippen molar-refractivity contribution in [3.05, 3.63) is 83.6 Å². The van der Waals surface area contributed by atoms with Crippen molar-refractivity contribution in [1.82, 2.24) is 15.6 Å². The smallest absolute Gasteiger partial charge is 0.384 e. The van der Waals surface area contributed by atoms with E-state index in [4.69, 9.17) is 10.5 Å². The van der Waals surface area contributed by atoms with Gasteiger partial charge < -0.3 is 26.4 Å². The summed E-state index contributed by atoms with van der Waals surface area (Å²) in [6.45, 7) is 0.854. The molecule has 0 aliphatic carbocycles. The molecule has 5 N–H and O–H groups in total. The number of pyridine rings is 1. The van der Waals surface area contributed by atoms with Crippen molar-refractivity contribution >= 4 is 29.0 Å². The molecular formula is C26H26F3N5O3. The predicted octanol–water partition coefficient (Wildman–Crippen LogP) is 3.88. The standard InChI is InChI=1S/C26H26F3N5O3/c27-26(28,29)20-3-1-2-4-21(20)34-19-8-5-17(6-9-19)13-32-24(36)25(11-12-37-16-25)15-33-23(35)18-7-10-22(30)31-14-18/h1-10,14,34H,11-13,15-16H2,(H2,30,31)(H,32,36)(H,33,35)/t25-/m0/s1. The largest absolute Gasteiger partial charge is 0.418 e. The maximum absolute atomic E-state index is 13.2. The molecule has 37 heavy (non-hydrogen) atoms. The molecule has 2 amide bonds. The average Bonchev–Trinajstić information content (AvgIpc) is 3.37. The Hall–Kier alpha value is -4.12. The minimum atomic E-state index is -4.47. The number of nitrogen functional groups attached to an aromatic ring is 1. The van der Waals surface area contributed by atoms with Crippen LogP contribution in [0.2, 0.25) is 0 Å². The van der Waals surface area contributed by atoms with E-state index >= 15 is 0 Å². The third-order valence-corrected chi connectivity index (χ3v) is 6.14. The first-order valence-electron chi connectivity index (χ1n) is 11.5. The minimum Gasteiger partial charge on any atom is -0.384 e. The molecule has 1 atom stereocenters. The average molecular weight is 514 g/mol. The van der Waals surface area contributed by atoms with Gasteiger partial charge in [-0.15, -0.1) is 0 Å². The molecular weight excluding hydrogens is 487 g/mol. The Morgan fingerprint density at radius 1 is 1.03 bits per heavy atom. The van der Waals surface area contributed by atoms with Crippen LogP contribution in [0.4, 0.5) is 30.4 Å². The molecule has 3 aromatic rings. The second-order valence-electron chi connectivity index (χ2n) is 8.79. The van der Waals surface area contributed by atoms with Crippen LogP contribution in [0.15, 0.2) is 66.9 Å². The first-order valence-corrected chi connectivity index (χ1v) is 11.5. The van der Waals surface area contributed by atoms with E-state index in [1.54, 1.807) is 30.3 Å². The van der Waals surface area contributed by atoms with Gasteiger partial charge in [-0.1, -0.05) is 24.3 Å². The quantitative estimate of drug-likeness (QED) is 0.363. The number of nitrogens with one attached hydrogen (secondary N) is 3. The first kappa shape index (κ1) is 26.0. The van der Waals surface area contributed by atoms with Crippen LogP contribution in [0, 0.1) is 5.41 Å². The zero-order valence-electron chi connectivity index (χ0n) is 19.8. The highest BCUT2D eigenvalue weighted by Gasteiger charge is 2.42. The van der Waals surface area contributed by atoms with Crippen molar-refractivity contribution < 1.29 is 27.5 Å². The van der Waals surface area contributed by atoms with E-state index in [1.807, 2.05) is 0 Å². The summed E-state index contributed by atoms with van der Waals surface area (Å²) < 4.78 is 45.2. The highest BCUT2D eigenvalue weighted by molar-refractivity contribution is 5.94. The van der Waals surface area contributed by atoms with Crippen LogP contribution in [-0.4, -0.2) is 36.6 Å². The van der Waals surface area contributed by atoms with Gasteiger partial charge in [-0.3, -0.25) is 9.59 Å². The number of carbonyl (C=O) groups excluding carboxylic acids is 2. The molecule has 11 heteroatoms. The van der Waals surface area contributed by atoms with Crippen LogP contribution in [0.5, 0.6) is 0 Å². The number of anilines is 3. The lowest BCUT2D eigenvalue weighted by Crippen LogP contribution is -2.48. The van der Waals surface area contributed by atoms with Crippen LogP contribution in [0.3, 0.4) is 0 Å². The van der Waals surface area contributed by atoms with Crippen LogP contribution in [0.1, 0.15) is 27.9 Å². The van der Waals surface area contributed by atoms with E-state index in [1.165, 1.54) is 30.5 Å². The molecule has 1 saturated heterocycles. The summed E-state index contributed by atoms with van der Waals surface area (Å²) >= 11 is 0. The fourth-order valence-electron chi connectivity index (χ4n) is 3.97. The number of carbonyl (C=O) groups is 2. The molecule has 2 heterocycles. The number of ether oxygens (including phenoxy) is 1. The van der Waals surface area contributed by atoms with E-state index in [0.29, 0.717) is 30.1 Å². The fourth-order valence-corrected chi connectivity index (χ4v) is 3.97. The topological polar surface area (TPSA) is 118 Å². The summed E-state index contributed by atoms with van der Waals surface area (Å²) in [5.74, 6) is -0.338. The Kier molecular flexibility index (Phi) is 7.63. The van der Waals surface area contributed by atoms with Gasteiger partial charge in [-0.05, 0) is 48.4 Å². The van der Waals surface area contributed by atoms with Gasteiger partial charge in [0.2, 0.25) is 5.91 Å². The highest BCUT2D eigenvalue weighted by Crippen LogP contribution is 2.36. The Labute approximate surface area is 211 Å². The molecule has 0 radical (unpaired) electrons. The molecule has 2 aromatic carbocycles. The fraction of sp³-hybridized carbons (Fsp3) is 0.269. The van der Waals surface area contributed by atoms with Gasteiger partial charge in [-0.25, -0.2) is 4.98 Å².